The average Bonchev–Trinajstić information content (AvgIpc) is 2.91. The fourth-order valence-corrected chi connectivity index (χ4v) is 2.48. The van der Waals surface area contributed by atoms with E-state index in [-0.39, 0.29) is 12.5 Å². The molecular formula is C13H13N3O2S. The molecule has 1 aliphatic rings. The number of benzene rings is 1. The van der Waals surface area contributed by atoms with Crippen LogP contribution in [0.4, 0.5) is 5.69 Å². The Bertz CT molecular complexity index is 584. The maximum atomic E-state index is 11.2. The summed E-state index contributed by atoms with van der Waals surface area (Å²) in [6.45, 7) is 1.56. The van der Waals surface area contributed by atoms with Crippen LogP contribution in [-0.2, 0) is 17.9 Å². The number of hydrogen-bond donors (Lipinski definition) is 2. The third kappa shape index (κ3) is 2.91. The fourth-order valence-electron chi connectivity index (χ4n) is 1.89. The highest BCUT2D eigenvalue weighted by atomic mass is 32.1. The SMILES string of the molecule is O=C1COc2ccc(CNCc3nccs3)cc2N1. The van der Waals surface area contributed by atoms with Crippen molar-refractivity contribution in [1.82, 2.24) is 10.3 Å². The van der Waals surface area contributed by atoms with Crippen LogP contribution in [0.3, 0.4) is 0 Å². The van der Waals surface area contributed by atoms with Gasteiger partial charge in [-0.3, -0.25) is 4.79 Å². The number of thiazole rings is 1. The Hall–Kier alpha value is -1.92. The Balaban J connectivity index is 1.62. The summed E-state index contributed by atoms with van der Waals surface area (Å²) in [4.78, 5) is 15.5. The molecule has 0 spiro atoms. The number of aromatic nitrogens is 1. The first kappa shape index (κ1) is 12.1. The lowest BCUT2D eigenvalue weighted by molar-refractivity contribution is -0.118. The second kappa shape index (κ2) is 5.38. The number of hydrogen-bond acceptors (Lipinski definition) is 5. The Kier molecular flexibility index (Phi) is 3.43. The van der Waals surface area contributed by atoms with Crippen molar-refractivity contribution in [3.05, 3.63) is 40.3 Å². The lowest BCUT2D eigenvalue weighted by atomic mass is 10.1. The van der Waals surface area contributed by atoms with E-state index in [0.717, 1.165) is 35.1 Å². The van der Waals surface area contributed by atoms with E-state index in [1.165, 1.54) is 0 Å². The first-order valence-corrected chi connectivity index (χ1v) is 6.84. The third-order valence-corrected chi connectivity index (χ3v) is 3.55. The minimum Gasteiger partial charge on any atom is -0.482 e. The molecule has 2 aromatic rings. The molecule has 0 aliphatic carbocycles. The van der Waals surface area contributed by atoms with Crippen molar-refractivity contribution in [2.24, 2.45) is 0 Å². The highest BCUT2D eigenvalue weighted by Crippen LogP contribution is 2.28. The van der Waals surface area contributed by atoms with Crippen LogP contribution in [0.2, 0.25) is 0 Å². The molecule has 1 aromatic carbocycles. The van der Waals surface area contributed by atoms with Gasteiger partial charge in [0.2, 0.25) is 0 Å². The Morgan fingerprint density at radius 1 is 1.42 bits per heavy atom. The van der Waals surface area contributed by atoms with Gasteiger partial charge in [0.15, 0.2) is 6.61 Å². The molecule has 6 heteroatoms. The van der Waals surface area contributed by atoms with Crippen LogP contribution >= 0.6 is 11.3 Å². The molecular weight excluding hydrogens is 262 g/mol. The first-order chi connectivity index (χ1) is 9.31. The van der Waals surface area contributed by atoms with Gasteiger partial charge in [-0.05, 0) is 17.7 Å². The summed E-state index contributed by atoms with van der Waals surface area (Å²) in [6, 6.07) is 5.81. The quantitative estimate of drug-likeness (QED) is 0.892. The van der Waals surface area contributed by atoms with Gasteiger partial charge in [-0.1, -0.05) is 6.07 Å². The summed E-state index contributed by atoms with van der Waals surface area (Å²) >= 11 is 1.63. The monoisotopic (exact) mass is 275 g/mol. The van der Waals surface area contributed by atoms with Crippen molar-refractivity contribution in [2.75, 3.05) is 11.9 Å². The molecule has 0 radical (unpaired) electrons. The van der Waals surface area contributed by atoms with Gasteiger partial charge < -0.3 is 15.4 Å². The molecule has 2 N–H and O–H groups in total. The minimum absolute atomic E-state index is 0.0919. The summed E-state index contributed by atoms with van der Waals surface area (Å²) in [6.07, 6.45) is 1.80. The van der Waals surface area contributed by atoms with E-state index in [2.05, 4.69) is 15.6 Å². The molecule has 98 valence electrons. The molecule has 1 aromatic heterocycles. The van der Waals surface area contributed by atoms with Crippen molar-refractivity contribution >= 4 is 22.9 Å². The van der Waals surface area contributed by atoms with E-state index < -0.39 is 0 Å². The molecule has 3 rings (SSSR count). The van der Waals surface area contributed by atoms with Crippen molar-refractivity contribution in [3.63, 3.8) is 0 Å². The molecule has 0 saturated carbocycles. The Morgan fingerprint density at radius 2 is 2.37 bits per heavy atom. The van der Waals surface area contributed by atoms with Gasteiger partial charge >= 0.3 is 0 Å². The Labute approximate surface area is 114 Å². The van der Waals surface area contributed by atoms with Crippen LogP contribution in [0.1, 0.15) is 10.6 Å². The van der Waals surface area contributed by atoms with Crippen LogP contribution < -0.4 is 15.4 Å². The smallest absolute Gasteiger partial charge is 0.262 e. The van der Waals surface area contributed by atoms with Crippen LogP contribution in [-0.4, -0.2) is 17.5 Å². The molecule has 0 atom stereocenters. The number of anilines is 1. The Morgan fingerprint density at radius 3 is 3.21 bits per heavy atom. The zero-order chi connectivity index (χ0) is 13.1. The van der Waals surface area contributed by atoms with Gasteiger partial charge in [0.1, 0.15) is 10.8 Å². The minimum atomic E-state index is -0.111. The van der Waals surface area contributed by atoms with E-state index in [9.17, 15) is 4.79 Å². The van der Waals surface area contributed by atoms with Crippen molar-refractivity contribution in [2.45, 2.75) is 13.1 Å². The summed E-state index contributed by atoms with van der Waals surface area (Å²) in [5.41, 5.74) is 1.84. The van der Waals surface area contributed by atoms with Crippen LogP contribution in [0.25, 0.3) is 0 Å². The van der Waals surface area contributed by atoms with Crippen molar-refractivity contribution in [1.29, 1.82) is 0 Å². The molecule has 2 heterocycles. The standard InChI is InChI=1S/C13H13N3O2S/c17-12-8-18-11-2-1-9(5-10(11)16-12)6-14-7-13-15-3-4-19-13/h1-5,14H,6-8H2,(H,16,17). The molecule has 0 unspecified atom stereocenters. The predicted molar refractivity (Wildman–Crippen MR) is 73.2 cm³/mol. The third-order valence-electron chi connectivity index (χ3n) is 2.77. The number of fused-ring (bicyclic) bond motifs is 1. The molecule has 19 heavy (non-hydrogen) atoms. The van der Waals surface area contributed by atoms with E-state index in [1.54, 1.807) is 17.5 Å². The van der Waals surface area contributed by atoms with Gasteiger partial charge in [0.25, 0.3) is 5.91 Å². The van der Waals surface area contributed by atoms with Gasteiger partial charge in [0.05, 0.1) is 5.69 Å². The number of carbonyl (C=O) groups is 1. The predicted octanol–water partition coefficient (Wildman–Crippen LogP) is 1.76. The van der Waals surface area contributed by atoms with E-state index in [1.807, 2.05) is 23.6 Å². The maximum absolute atomic E-state index is 11.2. The number of nitrogens with one attached hydrogen (secondary N) is 2. The van der Waals surface area contributed by atoms with Crippen LogP contribution in [0.15, 0.2) is 29.8 Å². The summed E-state index contributed by atoms with van der Waals surface area (Å²) in [5.74, 6) is 0.615. The zero-order valence-electron chi connectivity index (χ0n) is 10.2. The van der Waals surface area contributed by atoms with Crippen LogP contribution in [0.5, 0.6) is 5.75 Å². The van der Waals surface area contributed by atoms with Crippen molar-refractivity contribution in [3.8, 4) is 5.75 Å². The van der Waals surface area contributed by atoms with Crippen molar-refractivity contribution < 1.29 is 9.53 Å². The number of ether oxygens (including phenoxy) is 1. The van der Waals surface area contributed by atoms with Gasteiger partial charge in [-0.15, -0.1) is 11.3 Å². The molecule has 0 bridgehead atoms. The first-order valence-electron chi connectivity index (χ1n) is 5.96. The number of amides is 1. The number of carbonyl (C=O) groups excluding carboxylic acids is 1. The highest BCUT2D eigenvalue weighted by Gasteiger charge is 2.15. The lowest BCUT2D eigenvalue weighted by Crippen LogP contribution is -2.25. The topological polar surface area (TPSA) is 63.2 Å². The van der Waals surface area contributed by atoms with Gasteiger partial charge in [-0.25, -0.2) is 4.98 Å². The number of nitrogens with zero attached hydrogens (tertiary/aromatic N) is 1. The second-order valence-corrected chi connectivity index (χ2v) is 5.18. The van der Waals surface area contributed by atoms with E-state index >= 15 is 0 Å². The molecule has 0 fully saturated rings. The van der Waals surface area contributed by atoms with E-state index in [4.69, 9.17) is 4.74 Å². The lowest BCUT2D eigenvalue weighted by Gasteiger charge is -2.18. The highest BCUT2D eigenvalue weighted by molar-refractivity contribution is 7.09. The van der Waals surface area contributed by atoms with Gasteiger partial charge in [0, 0.05) is 24.7 Å². The van der Waals surface area contributed by atoms with Crippen LogP contribution in [0, 0.1) is 0 Å². The summed E-state index contributed by atoms with van der Waals surface area (Å²) < 4.78 is 5.31. The molecule has 1 aliphatic heterocycles. The molecule has 5 nitrogen and oxygen atoms in total. The summed E-state index contributed by atoms with van der Waals surface area (Å²) in [7, 11) is 0. The largest absolute Gasteiger partial charge is 0.482 e. The second-order valence-electron chi connectivity index (χ2n) is 4.20. The van der Waals surface area contributed by atoms with Gasteiger partial charge in [-0.2, -0.15) is 0 Å². The van der Waals surface area contributed by atoms with E-state index in [0.29, 0.717) is 0 Å². The average molecular weight is 275 g/mol. The molecule has 0 saturated heterocycles. The fraction of sp³-hybridized carbons (Fsp3) is 0.231. The number of rotatable bonds is 4. The zero-order valence-corrected chi connectivity index (χ0v) is 11.0. The summed E-state index contributed by atoms with van der Waals surface area (Å²) in [5, 5.41) is 9.14. The normalized spacial score (nSPS) is 13.6. The maximum Gasteiger partial charge on any atom is 0.262 e. The molecule has 1 amide bonds.